The Morgan fingerprint density at radius 1 is 1.40 bits per heavy atom. The number of hydrogen-bond donors (Lipinski definition) is 1. The SMILES string of the molecule is N#Cc1cc(COC(=O)c2ccc(N)cn2)ccc1F. The number of anilines is 1. The average Bonchev–Trinajstić information content (AvgIpc) is 2.46. The number of ether oxygens (including phenoxy) is 1. The van der Waals surface area contributed by atoms with Crippen molar-refractivity contribution in [3.63, 3.8) is 0 Å². The van der Waals surface area contributed by atoms with E-state index in [1.807, 2.05) is 0 Å². The van der Waals surface area contributed by atoms with Crippen LogP contribution in [-0.4, -0.2) is 11.0 Å². The molecule has 5 nitrogen and oxygen atoms in total. The molecule has 0 amide bonds. The maximum Gasteiger partial charge on any atom is 0.357 e. The van der Waals surface area contributed by atoms with E-state index in [2.05, 4.69) is 4.98 Å². The minimum atomic E-state index is -0.618. The first kappa shape index (κ1) is 13.5. The van der Waals surface area contributed by atoms with Crippen LogP contribution in [0.1, 0.15) is 21.6 Å². The van der Waals surface area contributed by atoms with Crippen LogP contribution in [0.3, 0.4) is 0 Å². The van der Waals surface area contributed by atoms with Crippen molar-refractivity contribution in [2.24, 2.45) is 0 Å². The lowest BCUT2D eigenvalue weighted by Gasteiger charge is -2.05. The number of benzene rings is 1. The molecular formula is C14H10FN3O2. The summed E-state index contributed by atoms with van der Waals surface area (Å²) in [5.41, 5.74) is 6.45. The largest absolute Gasteiger partial charge is 0.456 e. The van der Waals surface area contributed by atoms with Crippen LogP contribution >= 0.6 is 0 Å². The molecule has 0 radical (unpaired) electrons. The van der Waals surface area contributed by atoms with E-state index in [1.54, 1.807) is 6.07 Å². The molecule has 1 aromatic heterocycles. The van der Waals surface area contributed by atoms with Gasteiger partial charge in [-0.1, -0.05) is 6.07 Å². The molecule has 0 bridgehead atoms. The zero-order valence-corrected chi connectivity index (χ0v) is 10.3. The number of hydrogen-bond acceptors (Lipinski definition) is 5. The summed E-state index contributed by atoms with van der Waals surface area (Å²) < 4.78 is 18.1. The molecule has 6 heteroatoms. The lowest BCUT2D eigenvalue weighted by Crippen LogP contribution is -2.07. The molecule has 0 saturated heterocycles. The lowest BCUT2D eigenvalue weighted by molar-refractivity contribution is 0.0465. The fourth-order valence-electron chi connectivity index (χ4n) is 1.50. The Bertz CT molecular complexity index is 678. The van der Waals surface area contributed by atoms with Gasteiger partial charge in [-0.05, 0) is 29.8 Å². The van der Waals surface area contributed by atoms with Crippen molar-refractivity contribution < 1.29 is 13.9 Å². The van der Waals surface area contributed by atoms with Crippen molar-refractivity contribution in [3.8, 4) is 6.07 Å². The van der Waals surface area contributed by atoms with Crippen molar-refractivity contribution >= 4 is 11.7 Å². The third kappa shape index (κ3) is 3.09. The summed E-state index contributed by atoms with van der Waals surface area (Å²) in [7, 11) is 0. The molecule has 1 aromatic carbocycles. The molecule has 0 atom stereocenters. The highest BCUT2D eigenvalue weighted by molar-refractivity contribution is 5.87. The van der Waals surface area contributed by atoms with Gasteiger partial charge in [0.1, 0.15) is 24.2 Å². The smallest absolute Gasteiger partial charge is 0.357 e. The first-order valence-corrected chi connectivity index (χ1v) is 5.67. The lowest BCUT2D eigenvalue weighted by atomic mass is 10.1. The Morgan fingerprint density at radius 3 is 2.85 bits per heavy atom. The molecule has 0 aliphatic rings. The normalized spacial score (nSPS) is 9.80. The first-order valence-electron chi connectivity index (χ1n) is 5.67. The fourth-order valence-corrected chi connectivity index (χ4v) is 1.50. The van der Waals surface area contributed by atoms with E-state index in [0.29, 0.717) is 11.3 Å². The second kappa shape index (κ2) is 5.80. The Labute approximate surface area is 114 Å². The molecule has 0 aliphatic carbocycles. The zero-order valence-electron chi connectivity index (χ0n) is 10.3. The number of halogens is 1. The van der Waals surface area contributed by atoms with Gasteiger partial charge in [0.15, 0.2) is 0 Å². The minimum Gasteiger partial charge on any atom is -0.456 e. The summed E-state index contributed by atoms with van der Waals surface area (Å²) in [6.07, 6.45) is 1.35. The van der Waals surface area contributed by atoms with Crippen LogP contribution in [0.15, 0.2) is 36.5 Å². The summed E-state index contributed by atoms with van der Waals surface area (Å²) in [5.74, 6) is -1.23. The molecule has 20 heavy (non-hydrogen) atoms. The van der Waals surface area contributed by atoms with E-state index >= 15 is 0 Å². The molecule has 2 N–H and O–H groups in total. The number of aromatic nitrogens is 1. The molecule has 2 rings (SSSR count). The standard InChI is InChI=1S/C14H10FN3O2/c15-12-3-1-9(5-10(12)6-16)8-20-14(19)13-4-2-11(17)7-18-13/h1-5,7H,8,17H2. The van der Waals surface area contributed by atoms with E-state index in [9.17, 15) is 9.18 Å². The number of nitriles is 1. The van der Waals surface area contributed by atoms with Crippen LogP contribution in [-0.2, 0) is 11.3 Å². The van der Waals surface area contributed by atoms with E-state index in [0.717, 1.165) is 6.07 Å². The molecular weight excluding hydrogens is 261 g/mol. The minimum absolute atomic E-state index is 0.0696. The van der Waals surface area contributed by atoms with Crippen molar-refractivity contribution in [2.75, 3.05) is 5.73 Å². The Morgan fingerprint density at radius 2 is 2.20 bits per heavy atom. The van der Waals surface area contributed by atoms with Crippen LogP contribution in [0.2, 0.25) is 0 Å². The van der Waals surface area contributed by atoms with Gasteiger partial charge in [-0.25, -0.2) is 14.2 Å². The number of carbonyl (C=O) groups excluding carboxylic acids is 1. The summed E-state index contributed by atoms with van der Waals surface area (Å²) in [4.78, 5) is 15.5. The van der Waals surface area contributed by atoms with Gasteiger partial charge in [-0.2, -0.15) is 5.26 Å². The van der Waals surface area contributed by atoms with Crippen molar-refractivity contribution in [1.82, 2.24) is 4.98 Å². The quantitative estimate of drug-likeness (QED) is 0.863. The van der Waals surface area contributed by atoms with Crippen LogP contribution in [0, 0.1) is 17.1 Å². The predicted octanol–water partition coefficient (Wildman–Crippen LogP) is 2.03. The number of nitrogens with two attached hydrogens (primary N) is 1. The molecule has 0 unspecified atom stereocenters. The number of pyridine rings is 1. The van der Waals surface area contributed by atoms with Gasteiger partial charge in [0.05, 0.1) is 17.4 Å². The Balaban J connectivity index is 2.03. The number of nitrogen functional groups attached to an aromatic ring is 1. The number of esters is 1. The number of rotatable bonds is 3. The van der Waals surface area contributed by atoms with Gasteiger partial charge in [0.2, 0.25) is 0 Å². The van der Waals surface area contributed by atoms with Crippen molar-refractivity contribution in [2.45, 2.75) is 6.61 Å². The maximum absolute atomic E-state index is 13.1. The van der Waals surface area contributed by atoms with Gasteiger partial charge in [0, 0.05) is 0 Å². The second-order valence-electron chi connectivity index (χ2n) is 3.98. The summed E-state index contributed by atoms with van der Waals surface area (Å²) in [6, 6.07) is 8.64. The first-order chi connectivity index (χ1) is 9.60. The summed E-state index contributed by atoms with van der Waals surface area (Å²) in [5, 5.41) is 8.70. The zero-order chi connectivity index (χ0) is 14.5. The van der Waals surface area contributed by atoms with Gasteiger partial charge < -0.3 is 10.5 Å². The van der Waals surface area contributed by atoms with Crippen LogP contribution in [0.4, 0.5) is 10.1 Å². The molecule has 2 aromatic rings. The number of carbonyl (C=O) groups is 1. The van der Waals surface area contributed by atoms with Gasteiger partial charge in [-0.3, -0.25) is 0 Å². The third-order valence-corrected chi connectivity index (χ3v) is 2.52. The highest BCUT2D eigenvalue weighted by atomic mass is 19.1. The topological polar surface area (TPSA) is 89.0 Å². The predicted molar refractivity (Wildman–Crippen MR) is 68.9 cm³/mol. The van der Waals surface area contributed by atoms with Crippen molar-refractivity contribution in [3.05, 3.63) is 59.2 Å². The highest BCUT2D eigenvalue weighted by Crippen LogP contribution is 2.11. The van der Waals surface area contributed by atoms with Gasteiger partial charge in [-0.15, -0.1) is 0 Å². The third-order valence-electron chi connectivity index (χ3n) is 2.52. The Hall–Kier alpha value is -2.94. The monoisotopic (exact) mass is 271 g/mol. The van der Waals surface area contributed by atoms with E-state index in [1.165, 1.54) is 30.5 Å². The van der Waals surface area contributed by atoms with E-state index in [-0.39, 0.29) is 17.9 Å². The fraction of sp³-hybridized carbons (Fsp3) is 0.0714. The molecule has 0 spiro atoms. The summed E-state index contributed by atoms with van der Waals surface area (Å²) in [6.45, 7) is -0.0696. The van der Waals surface area contributed by atoms with Crippen molar-refractivity contribution in [1.29, 1.82) is 5.26 Å². The molecule has 100 valence electrons. The van der Waals surface area contributed by atoms with E-state index < -0.39 is 11.8 Å². The van der Waals surface area contributed by atoms with Gasteiger partial charge >= 0.3 is 5.97 Å². The van der Waals surface area contributed by atoms with Crippen LogP contribution in [0.25, 0.3) is 0 Å². The molecule has 1 heterocycles. The maximum atomic E-state index is 13.1. The molecule has 0 saturated carbocycles. The Kier molecular flexibility index (Phi) is 3.91. The summed E-state index contributed by atoms with van der Waals surface area (Å²) >= 11 is 0. The second-order valence-corrected chi connectivity index (χ2v) is 3.98. The molecule has 0 fully saturated rings. The highest BCUT2D eigenvalue weighted by Gasteiger charge is 2.09. The van der Waals surface area contributed by atoms with E-state index in [4.69, 9.17) is 15.7 Å². The van der Waals surface area contributed by atoms with Gasteiger partial charge in [0.25, 0.3) is 0 Å². The van der Waals surface area contributed by atoms with Crippen LogP contribution < -0.4 is 5.73 Å². The number of nitrogens with zero attached hydrogens (tertiary/aromatic N) is 2. The molecule has 0 aliphatic heterocycles. The average molecular weight is 271 g/mol. The van der Waals surface area contributed by atoms with Crippen LogP contribution in [0.5, 0.6) is 0 Å².